The Morgan fingerprint density at radius 3 is 2.95 bits per heavy atom. The summed E-state index contributed by atoms with van der Waals surface area (Å²) in [6.45, 7) is 4.23. The Kier molecular flexibility index (Phi) is 4.78. The lowest BCUT2D eigenvalue weighted by molar-refractivity contribution is -0.119. The highest BCUT2D eigenvalue weighted by Gasteiger charge is 2.28. The molecule has 2 unspecified atom stereocenters. The monoisotopic (exact) mass is 273 g/mol. The molecule has 1 aromatic carbocycles. The standard InChI is InChI=1S/C16H19NO3/c1-11-6-13(4-3-5-18)9-15(7-11)17-16(19)14-8-12(2)20-10-14/h6-7,9,12,14,18H,5,8,10H2,1-2H3,(H,17,19). The zero-order chi connectivity index (χ0) is 14.5. The van der Waals surface area contributed by atoms with Gasteiger partial charge in [0.25, 0.3) is 0 Å². The summed E-state index contributed by atoms with van der Waals surface area (Å²) < 4.78 is 5.41. The van der Waals surface area contributed by atoms with Gasteiger partial charge in [-0.1, -0.05) is 11.8 Å². The first-order chi connectivity index (χ1) is 9.58. The Morgan fingerprint density at radius 2 is 2.30 bits per heavy atom. The van der Waals surface area contributed by atoms with E-state index in [9.17, 15) is 4.79 Å². The van der Waals surface area contributed by atoms with Crippen molar-refractivity contribution in [2.45, 2.75) is 26.4 Å². The molecule has 2 N–H and O–H groups in total. The Morgan fingerprint density at radius 1 is 1.50 bits per heavy atom. The predicted octanol–water partition coefficient (Wildman–Crippen LogP) is 1.70. The van der Waals surface area contributed by atoms with Gasteiger partial charge in [-0.05, 0) is 44.0 Å². The van der Waals surface area contributed by atoms with E-state index < -0.39 is 0 Å². The van der Waals surface area contributed by atoms with Gasteiger partial charge >= 0.3 is 0 Å². The third-order valence-electron chi connectivity index (χ3n) is 3.23. The molecule has 20 heavy (non-hydrogen) atoms. The van der Waals surface area contributed by atoms with E-state index in [2.05, 4.69) is 17.2 Å². The molecule has 0 bridgehead atoms. The number of aliphatic hydroxyl groups excluding tert-OH is 1. The maximum absolute atomic E-state index is 12.1. The largest absolute Gasteiger partial charge is 0.384 e. The van der Waals surface area contributed by atoms with E-state index in [1.54, 1.807) is 0 Å². The van der Waals surface area contributed by atoms with Gasteiger partial charge in [0.2, 0.25) is 5.91 Å². The summed E-state index contributed by atoms with van der Waals surface area (Å²) in [6.07, 6.45) is 0.906. The quantitative estimate of drug-likeness (QED) is 0.806. The van der Waals surface area contributed by atoms with Crippen LogP contribution in [0.15, 0.2) is 18.2 Å². The van der Waals surface area contributed by atoms with Crippen LogP contribution in [-0.2, 0) is 9.53 Å². The highest BCUT2D eigenvalue weighted by Crippen LogP contribution is 2.21. The lowest BCUT2D eigenvalue weighted by Gasteiger charge is -2.10. The molecule has 1 heterocycles. The molecule has 2 atom stereocenters. The third kappa shape index (κ3) is 3.83. The molecule has 2 rings (SSSR count). The molecule has 1 aromatic rings. The van der Waals surface area contributed by atoms with Gasteiger partial charge in [-0.15, -0.1) is 0 Å². The molecule has 0 aliphatic carbocycles. The Hall–Kier alpha value is -1.83. The van der Waals surface area contributed by atoms with Gasteiger partial charge in [-0.3, -0.25) is 4.79 Å². The molecule has 1 saturated heterocycles. The summed E-state index contributed by atoms with van der Waals surface area (Å²) in [5.74, 6) is 5.36. The van der Waals surface area contributed by atoms with E-state index in [4.69, 9.17) is 9.84 Å². The summed E-state index contributed by atoms with van der Waals surface area (Å²) in [5, 5.41) is 11.6. The molecule has 0 aromatic heterocycles. The summed E-state index contributed by atoms with van der Waals surface area (Å²) in [4.78, 5) is 12.1. The van der Waals surface area contributed by atoms with Crippen LogP contribution in [0.4, 0.5) is 5.69 Å². The third-order valence-corrected chi connectivity index (χ3v) is 3.23. The fourth-order valence-electron chi connectivity index (χ4n) is 2.31. The topological polar surface area (TPSA) is 58.6 Å². The van der Waals surface area contributed by atoms with Crippen molar-refractivity contribution in [3.05, 3.63) is 29.3 Å². The van der Waals surface area contributed by atoms with E-state index in [1.165, 1.54) is 0 Å². The maximum atomic E-state index is 12.1. The van der Waals surface area contributed by atoms with Crippen LogP contribution in [0.2, 0.25) is 0 Å². The number of aliphatic hydroxyl groups is 1. The van der Waals surface area contributed by atoms with Crippen LogP contribution in [0.25, 0.3) is 0 Å². The van der Waals surface area contributed by atoms with Crippen LogP contribution in [0.3, 0.4) is 0 Å². The summed E-state index contributed by atoms with van der Waals surface area (Å²) in [7, 11) is 0. The van der Waals surface area contributed by atoms with Gasteiger partial charge in [0.1, 0.15) is 6.61 Å². The number of hydrogen-bond acceptors (Lipinski definition) is 3. The van der Waals surface area contributed by atoms with Crippen molar-refractivity contribution in [1.82, 2.24) is 0 Å². The van der Waals surface area contributed by atoms with Crippen molar-refractivity contribution < 1.29 is 14.6 Å². The number of ether oxygens (including phenoxy) is 1. The molecule has 1 amide bonds. The number of aryl methyl sites for hydroxylation is 1. The molecule has 0 spiro atoms. The number of hydrogen-bond donors (Lipinski definition) is 2. The molecule has 0 radical (unpaired) electrons. The van der Waals surface area contributed by atoms with E-state index >= 15 is 0 Å². The van der Waals surface area contributed by atoms with Gasteiger partial charge in [-0.25, -0.2) is 0 Å². The fraction of sp³-hybridized carbons (Fsp3) is 0.438. The highest BCUT2D eigenvalue weighted by atomic mass is 16.5. The minimum Gasteiger partial charge on any atom is -0.384 e. The second-order valence-electron chi connectivity index (χ2n) is 5.11. The Bertz CT molecular complexity index is 557. The number of rotatable bonds is 2. The summed E-state index contributed by atoms with van der Waals surface area (Å²) in [6, 6.07) is 5.63. The zero-order valence-corrected chi connectivity index (χ0v) is 11.8. The average molecular weight is 273 g/mol. The minimum atomic E-state index is -0.174. The first kappa shape index (κ1) is 14.6. The molecule has 1 aliphatic rings. The molecule has 106 valence electrons. The van der Waals surface area contributed by atoms with Gasteiger partial charge < -0.3 is 15.2 Å². The van der Waals surface area contributed by atoms with Crippen molar-refractivity contribution >= 4 is 11.6 Å². The SMILES string of the molecule is Cc1cc(C#CCO)cc(NC(=O)C2COC(C)C2)c1. The number of carbonyl (C=O) groups excluding carboxylic acids is 1. The average Bonchev–Trinajstić information content (AvgIpc) is 2.82. The molecule has 0 saturated carbocycles. The van der Waals surface area contributed by atoms with Crippen molar-refractivity contribution in [3.8, 4) is 11.8 Å². The normalized spacial score (nSPS) is 21.1. The zero-order valence-electron chi connectivity index (χ0n) is 11.8. The maximum Gasteiger partial charge on any atom is 0.229 e. The van der Waals surface area contributed by atoms with Crippen LogP contribution < -0.4 is 5.32 Å². The van der Waals surface area contributed by atoms with Crippen molar-refractivity contribution in [2.75, 3.05) is 18.5 Å². The number of amides is 1. The van der Waals surface area contributed by atoms with Crippen LogP contribution in [0, 0.1) is 24.7 Å². The summed E-state index contributed by atoms with van der Waals surface area (Å²) in [5.41, 5.74) is 2.53. The smallest absolute Gasteiger partial charge is 0.229 e. The Labute approximate surface area is 119 Å². The highest BCUT2D eigenvalue weighted by molar-refractivity contribution is 5.93. The second kappa shape index (κ2) is 6.56. The minimum absolute atomic E-state index is 0.0129. The molecule has 1 fully saturated rings. The van der Waals surface area contributed by atoms with Crippen molar-refractivity contribution in [3.63, 3.8) is 0 Å². The molecule has 4 heteroatoms. The van der Waals surface area contributed by atoms with Gasteiger partial charge in [-0.2, -0.15) is 0 Å². The van der Waals surface area contributed by atoms with Gasteiger partial charge in [0, 0.05) is 11.3 Å². The lowest BCUT2D eigenvalue weighted by Crippen LogP contribution is -2.23. The van der Waals surface area contributed by atoms with Crippen LogP contribution in [0.1, 0.15) is 24.5 Å². The van der Waals surface area contributed by atoms with Crippen LogP contribution in [0.5, 0.6) is 0 Å². The molecular formula is C16H19NO3. The van der Waals surface area contributed by atoms with E-state index in [1.807, 2.05) is 32.0 Å². The first-order valence-corrected chi connectivity index (χ1v) is 6.72. The fourth-order valence-corrected chi connectivity index (χ4v) is 2.31. The van der Waals surface area contributed by atoms with Crippen LogP contribution in [-0.4, -0.2) is 30.3 Å². The predicted molar refractivity (Wildman–Crippen MR) is 77.3 cm³/mol. The van der Waals surface area contributed by atoms with E-state index in [-0.39, 0.29) is 24.5 Å². The molecule has 4 nitrogen and oxygen atoms in total. The van der Waals surface area contributed by atoms with Crippen LogP contribution >= 0.6 is 0 Å². The van der Waals surface area contributed by atoms with Crippen molar-refractivity contribution in [1.29, 1.82) is 0 Å². The number of anilines is 1. The molecule has 1 aliphatic heterocycles. The Balaban J connectivity index is 2.08. The van der Waals surface area contributed by atoms with Crippen molar-refractivity contribution in [2.24, 2.45) is 5.92 Å². The lowest BCUT2D eigenvalue weighted by atomic mass is 10.0. The number of nitrogens with one attached hydrogen (secondary N) is 1. The van der Waals surface area contributed by atoms with E-state index in [0.29, 0.717) is 6.61 Å². The number of benzene rings is 1. The second-order valence-corrected chi connectivity index (χ2v) is 5.11. The first-order valence-electron chi connectivity index (χ1n) is 6.72. The molecular weight excluding hydrogens is 254 g/mol. The van der Waals surface area contributed by atoms with Gasteiger partial charge in [0.15, 0.2) is 0 Å². The summed E-state index contributed by atoms with van der Waals surface area (Å²) >= 11 is 0. The van der Waals surface area contributed by atoms with Gasteiger partial charge in [0.05, 0.1) is 18.6 Å². The number of carbonyl (C=O) groups is 1. The van der Waals surface area contributed by atoms with E-state index in [0.717, 1.165) is 23.2 Å².